The predicted molar refractivity (Wildman–Crippen MR) is 91.5 cm³/mol. The van der Waals surface area contributed by atoms with Crippen LogP contribution in [0.3, 0.4) is 0 Å². The maximum atomic E-state index is 13.4. The third-order valence-corrected chi connectivity index (χ3v) is 4.56. The molecule has 2 aromatic rings. The standard InChI is InChI=1S/C18H23FN4O2/c1-3-12(2)20-18(24)23-9-5-7-14(11-23)17-21-16(22-25-17)13-6-4-8-15(19)10-13/h4,6,8,10,12,14H,3,5,7,9,11H2,1-2H3,(H,20,24)/t12-,14-/m0/s1. The summed E-state index contributed by atoms with van der Waals surface area (Å²) in [5, 5.41) is 6.95. The molecule has 0 radical (unpaired) electrons. The van der Waals surface area contributed by atoms with E-state index in [2.05, 4.69) is 15.5 Å². The summed E-state index contributed by atoms with van der Waals surface area (Å²) in [5.41, 5.74) is 0.581. The number of urea groups is 1. The van der Waals surface area contributed by atoms with Crippen LogP contribution in [0.2, 0.25) is 0 Å². The molecular formula is C18H23FN4O2. The van der Waals surface area contributed by atoms with Gasteiger partial charge in [-0.2, -0.15) is 4.98 Å². The van der Waals surface area contributed by atoms with Gasteiger partial charge >= 0.3 is 6.03 Å². The molecule has 0 unspecified atom stereocenters. The third-order valence-electron chi connectivity index (χ3n) is 4.56. The van der Waals surface area contributed by atoms with Crippen molar-refractivity contribution in [2.75, 3.05) is 13.1 Å². The van der Waals surface area contributed by atoms with Crippen LogP contribution in [0.4, 0.5) is 9.18 Å². The van der Waals surface area contributed by atoms with E-state index >= 15 is 0 Å². The van der Waals surface area contributed by atoms with E-state index in [0.29, 0.717) is 23.8 Å². The second-order valence-corrected chi connectivity index (χ2v) is 6.51. The second kappa shape index (κ2) is 7.63. The lowest BCUT2D eigenvalue weighted by Crippen LogP contribution is -2.47. The predicted octanol–water partition coefficient (Wildman–Crippen LogP) is 3.56. The van der Waals surface area contributed by atoms with Gasteiger partial charge in [0.15, 0.2) is 0 Å². The molecule has 1 aliphatic heterocycles. The number of aromatic nitrogens is 2. The van der Waals surface area contributed by atoms with Crippen molar-refractivity contribution in [2.24, 2.45) is 0 Å². The van der Waals surface area contributed by atoms with E-state index in [1.165, 1.54) is 12.1 Å². The van der Waals surface area contributed by atoms with Crippen LogP contribution < -0.4 is 5.32 Å². The fourth-order valence-electron chi connectivity index (χ4n) is 2.91. The molecule has 1 saturated heterocycles. The molecular weight excluding hydrogens is 323 g/mol. The van der Waals surface area contributed by atoms with E-state index in [-0.39, 0.29) is 23.8 Å². The maximum Gasteiger partial charge on any atom is 0.317 e. The minimum atomic E-state index is -0.339. The minimum absolute atomic E-state index is 0.00578. The number of carbonyl (C=O) groups excluding carboxylic acids is 1. The summed E-state index contributed by atoms with van der Waals surface area (Å²) in [4.78, 5) is 18.5. The first-order valence-corrected chi connectivity index (χ1v) is 8.71. The number of nitrogens with zero attached hydrogens (tertiary/aromatic N) is 3. The number of hydrogen-bond donors (Lipinski definition) is 1. The molecule has 0 bridgehead atoms. The van der Waals surface area contributed by atoms with Gasteiger partial charge in [-0.25, -0.2) is 9.18 Å². The van der Waals surface area contributed by atoms with E-state index in [0.717, 1.165) is 25.8 Å². The van der Waals surface area contributed by atoms with Gasteiger partial charge in [0.05, 0.1) is 5.92 Å². The Morgan fingerprint density at radius 3 is 3.12 bits per heavy atom. The van der Waals surface area contributed by atoms with Gasteiger partial charge < -0.3 is 14.7 Å². The average Bonchev–Trinajstić information content (AvgIpc) is 3.12. The van der Waals surface area contributed by atoms with Gasteiger partial charge in [0, 0.05) is 24.7 Å². The number of benzene rings is 1. The lowest BCUT2D eigenvalue weighted by molar-refractivity contribution is 0.169. The molecule has 2 atom stereocenters. The third kappa shape index (κ3) is 4.15. The molecule has 134 valence electrons. The average molecular weight is 346 g/mol. The first-order valence-electron chi connectivity index (χ1n) is 8.71. The van der Waals surface area contributed by atoms with Gasteiger partial charge in [0.2, 0.25) is 11.7 Å². The summed E-state index contributed by atoms with van der Waals surface area (Å²) in [6.45, 7) is 5.30. The SMILES string of the molecule is CC[C@H](C)NC(=O)N1CCC[C@H](c2nc(-c3cccc(F)c3)no2)C1. The van der Waals surface area contributed by atoms with Crippen LogP contribution in [-0.4, -0.2) is 40.2 Å². The largest absolute Gasteiger partial charge is 0.339 e. The monoisotopic (exact) mass is 346 g/mol. The molecule has 7 heteroatoms. The molecule has 1 aliphatic rings. The highest BCUT2D eigenvalue weighted by molar-refractivity contribution is 5.74. The van der Waals surface area contributed by atoms with Gasteiger partial charge in [-0.15, -0.1) is 0 Å². The summed E-state index contributed by atoms with van der Waals surface area (Å²) in [7, 11) is 0. The summed E-state index contributed by atoms with van der Waals surface area (Å²) in [5.74, 6) is 0.539. The van der Waals surface area contributed by atoms with Crippen molar-refractivity contribution in [1.29, 1.82) is 0 Å². The number of hydrogen-bond acceptors (Lipinski definition) is 4. The number of carbonyl (C=O) groups is 1. The molecule has 0 aliphatic carbocycles. The van der Waals surface area contributed by atoms with E-state index in [9.17, 15) is 9.18 Å². The summed E-state index contributed by atoms with van der Waals surface area (Å²) in [6.07, 6.45) is 2.66. The van der Waals surface area contributed by atoms with Crippen molar-refractivity contribution in [2.45, 2.75) is 45.1 Å². The number of piperidine rings is 1. The van der Waals surface area contributed by atoms with Crippen molar-refractivity contribution < 1.29 is 13.7 Å². The summed E-state index contributed by atoms with van der Waals surface area (Å²) in [6, 6.07) is 6.20. The first kappa shape index (κ1) is 17.4. The Bertz CT molecular complexity index is 733. The fraction of sp³-hybridized carbons (Fsp3) is 0.500. The zero-order chi connectivity index (χ0) is 17.8. The van der Waals surface area contributed by atoms with Crippen molar-refractivity contribution in [3.05, 3.63) is 36.0 Å². The van der Waals surface area contributed by atoms with E-state index in [1.54, 1.807) is 17.0 Å². The van der Waals surface area contributed by atoms with Gasteiger partial charge in [-0.1, -0.05) is 24.2 Å². The van der Waals surface area contributed by atoms with Crippen molar-refractivity contribution in [1.82, 2.24) is 20.4 Å². The molecule has 1 aromatic heterocycles. The van der Waals surface area contributed by atoms with Gasteiger partial charge in [-0.3, -0.25) is 0 Å². The number of halogens is 1. The molecule has 0 spiro atoms. The van der Waals surface area contributed by atoms with Crippen LogP contribution in [0.1, 0.15) is 44.9 Å². The van der Waals surface area contributed by atoms with Gasteiger partial charge in [0.1, 0.15) is 5.82 Å². The quantitative estimate of drug-likeness (QED) is 0.919. The number of nitrogens with one attached hydrogen (secondary N) is 1. The molecule has 1 fully saturated rings. The zero-order valence-electron chi connectivity index (χ0n) is 14.5. The topological polar surface area (TPSA) is 71.3 Å². The normalized spacial score (nSPS) is 18.8. The minimum Gasteiger partial charge on any atom is -0.339 e. The lowest BCUT2D eigenvalue weighted by atomic mass is 9.98. The molecule has 6 nitrogen and oxygen atoms in total. The van der Waals surface area contributed by atoms with Crippen molar-refractivity contribution in [3.63, 3.8) is 0 Å². The maximum absolute atomic E-state index is 13.4. The molecule has 25 heavy (non-hydrogen) atoms. The Morgan fingerprint density at radius 1 is 1.52 bits per heavy atom. The highest BCUT2D eigenvalue weighted by Crippen LogP contribution is 2.27. The Hall–Kier alpha value is -2.44. The first-order chi connectivity index (χ1) is 12.1. The van der Waals surface area contributed by atoms with Crippen LogP contribution in [-0.2, 0) is 0 Å². The molecule has 1 aromatic carbocycles. The van der Waals surface area contributed by atoms with Crippen LogP contribution in [0, 0.1) is 5.82 Å². The Labute approximate surface area is 146 Å². The molecule has 2 amide bonds. The Kier molecular flexibility index (Phi) is 5.31. The number of amides is 2. The van der Waals surface area contributed by atoms with E-state index in [4.69, 9.17) is 4.52 Å². The fourth-order valence-corrected chi connectivity index (χ4v) is 2.91. The van der Waals surface area contributed by atoms with Crippen LogP contribution >= 0.6 is 0 Å². The zero-order valence-corrected chi connectivity index (χ0v) is 14.5. The molecule has 3 rings (SSSR count). The van der Waals surface area contributed by atoms with Crippen LogP contribution in [0.15, 0.2) is 28.8 Å². The summed E-state index contributed by atoms with van der Waals surface area (Å²) < 4.78 is 18.7. The number of likely N-dealkylation sites (tertiary alicyclic amines) is 1. The molecule has 0 saturated carbocycles. The highest BCUT2D eigenvalue weighted by atomic mass is 19.1. The van der Waals surface area contributed by atoms with Crippen molar-refractivity contribution >= 4 is 6.03 Å². The van der Waals surface area contributed by atoms with Crippen LogP contribution in [0.25, 0.3) is 11.4 Å². The van der Waals surface area contributed by atoms with Gasteiger partial charge in [-0.05, 0) is 38.3 Å². The second-order valence-electron chi connectivity index (χ2n) is 6.51. The number of rotatable bonds is 4. The van der Waals surface area contributed by atoms with Crippen molar-refractivity contribution in [3.8, 4) is 11.4 Å². The Balaban J connectivity index is 1.69. The summed E-state index contributed by atoms with van der Waals surface area (Å²) >= 11 is 0. The highest BCUT2D eigenvalue weighted by Gasteiger charge is 2.29. The smallest absolute Gasteiger partial charge is 0.317 e. The molecule has 1 N–H and O–H groups in total. The van der Waals surface area contributed by atoms with E-state index in [1.807, 2.05) is 13.8 Å². The van der Waals surface area contributed by atoms with Gasteiger partial charge in [0.25, 0.3) is 0 Å². The Morgan fingerprint density at radius 2 is 2.36 bits per heavy atom. The molecule has 2 heterocycles. The van der Waals surface area contributed by atoms with E-state index < -0.39 is 0 Å². The van der Waals surface area contributed by atoms with Crippen LogP contribution in [0.5, 0.6) is 0 Å². The lowest BCUT2D eigenvalue weighted by Gasteiger charge is -2.31.